The molecule has 4 rings (SSSR count). The maximum Gasteiger partial charge on any atom is 0.258 e. The second kappa shape index (κ2) is 5.57. The molecule has 0 radical (unpaired) electrons. The largest absolute Gasteiger partial charge is 0.486 e. The van der Waals surface area contributed by atoms with Gasteiger partial charge in [0.1, 0.15) is 18.2 Å². The van der Waals surface area contributed by atoms with Crippen LogP contribution in [0.4, 0.5) is 0 Å². The zero-order chi connectivity index (χ0) is 15.6. The van der Waals surface area contributed by atoms with Gasteiger partial charge in [-0.2, -0.15) is 0 Å². The Morgan fingerprint density at radius 2 is 1.70 bits per heavy atom. The van der Waals surface area contributed by atoms with Crippen molar-refractivity contribution in [3.8, 4) is 5.75 Å². The molecule has 0 fully saturated rings. The van der Waals surface area contributed by atoms with E-state index in [1.165, 1.54) is 0 Å². The van der Waals surface area contributed by atoms with Crippen LogP contribution in [0.1, 0.15) is 5.82 Å². The average molecular weight is 302 g/mol. The standard InChI is InChI=1S/C19H14N2O2/c22-19-16-7-3-4-8-17(16)20-18(21-19)12-23-15-10-9-13-5-1-2-6-14(13)11-15/h1-11H,12H2,(H,20,21,22). The van der Waals surface area contributed by atoms with Crippen molar-refractivity contribution in [1.29, 1.82) is 0 Å². The first-order valence-electron chi connectivity index (χ1n) is 7.39. The fourth-order valence-electron chi connectivity index (χ4n) is 2.61. The van der Waals surface area contributed by atoms with Crippen molar-refractivity contribution in [2.45, 2.75) is 6.61 Å². The average Bonchev–Trinajstić information content (AvgIpc) is 2.60. The molecular weight excluding hydrogens is 288 g/mol. The number of nitrogens with zero attached hydrogens (tertiary/aromatic N) is 1. The number of rotatable bonds is 3. The van der Waals surface area contributed by atoms with Crippen LogP contribution in [0, 0.1) is 0 Å². The number of fused-ring (bicyclic) bond motifs is 2. The smallest absolute Gasteiger partial charge is 0.258 e. The summed E-state index contributed by atoms with van der Waals surface area (Å²) in [6.45, 7) is 0.221. The van der Waals surface area contributed by atoms with E-state index in [0.29, 0.717) is 16.7 Å². The first-order chi connectivity index (χ1) is 11.3. The lowest BCUT2D eigenvalue weighted by molar-refractivity contribution is 0.296. The van der Waals surface area contributed by atoms with Crippen molar-refractivity contribution in [2.75, 3.05) is 0 Å². The normalized spacial score (nSPS) is 11.0. The van der Waals surface area contributed by atoms with Crippen LogP contribution in [0.3, 0.4) is 0 Å². The van der Waals surface area contributed by atoms with Gasteiger partial charge in [-0.3, -0.25) is 4.79 Å². The van der Waals surface area contributed by atoms with Crippen molar-refractivity contribution < 1.29 is 4.74 Å². The Bertz CT molecular complexity index is 1050. The van der Waals surface area contributed by atoms with Gasteiger partial charge in [0.25, 0.3) is 5.56 Å². The van der Waals surface area contributed by atoms with Crippen LogP contribution in [0.25, 0.3) is 21.7 Å². The summed E-state index contributed by atoms with van der Waals surface area (Å²) in [6, 6.07) is 21.3. The Morgan fingerprint density at radius 1 is 0.913 bits per heavy atom. The van der Waals surface area contributed by atoms with E-state index in [1.807, 2.05) is 54.6 Å². The van der Waals surface area contributed by atoms with E-state index in [2.05, 4.69) is 16.0 Å². The number of nitrogens with one attached hydrogen (secondary N) is 1. The molecule has 0 saturated carbocycles. The molecule has 0 spiro atoms. The van der Waals surface area contributed by atoms with E-state index in [1.54, 1.807) is 6.07 Å². The first-order valence-corrected chi connectivity index (χ1v) is 7.39. The van der Waals surface area contributed by atoms with Crippen LogP contribution < -0.4 is 10.3 Å². The summed E-state index contributed by atoms with van der Waals surface area (Å²) in [5.74, 6) is 1.27. The molecule has 1 aromatic heterocycles. The molecule has 23 heavy (non-hydrogen) atoms. The zero-order valence-corrected chi connectivity index (χ0v) is 12.3. The van der Waals surface area contributed by atoms with Crippen LogP contribution in [-0.4, -0.2) is 9.97 Å². The van der Waals surface area contributed by atoms with Crippen molar-refractivity contribution in [3.63, 3.8) is 0 Å². The molecule has 4 heteroatoms. The molecule has 0 amide bonds. The minimum absolute atomic E-state index is 0.146. The SMILES string of the molecule is O=c1[nH]c(COc2ccc3ccccc3c2)nc2ccccc12. The number of aromatic nitrogens is 2. The molecule has 4 aromatic rings. The van der Waals surface area contributed by atoms with Crippen LogP contribution in [0.5, 0.6) is 5.75 Å². The summed E-state index contributed by atoms with van der Waals surface area (Å²) in [6.07, 6.45) is 0. The fraction of sp³-hybridized carbons (Fsp3) is 0.0526. The van der Waals surface area contributed by atoms with Gasteiger partial charge in [-0.05, 0) is 35.0 Å². The molecule has 1 heterocycles. The second-order valence-electron chi connectivity index (χ2n) is 5.33. The number of hydrogen-bond acceptors (Lipinski definition) is 3. The van der Waals surface area contributed by atoms with Crippen LogP contribution in [0.2, 0.25) is 0 Å². The number of hydrogen-bond donors (Lipinski definition) is 1. The summed E-state index contributed by atoms with van der Waals surface area (Å²) in [5, 5.41) is 2.86. The van der Waals surface area contributed by atoms with Gasteiger partial charge in [-0.1, -0.05) is 42.5 Å². The maximum absolute atomic E-state index is 12.0. The Hall–Kier alpha value is -3.14. The van der Waals surface area contributed by atoms with Crippen LogP contribution in [0.15, 0.2) is 71.5 Å². The Morgan fingerprint density at radius 3 is 2.61 bits per heavy atom. The lowest BCUT2D eigenvalue weighted by Crippen LogP contribution is -2.13. The van der Waals surface area contributed by atoms with E-state index in [4.69, 9.17) is 4.74 Å². The summed E-state index contributed by atoms with van der Waals surface area (Å²) < 4.78 is 5.77. The molecule has 0 unspecified atom stereocenters. The number of H-pyrrole nitrogens is 1. The molecule has 0 saturated heterocycles. The molecule has 112 valence electrons. The molecule has 0 atom stereocenters. The third kappa shape index (κ3) is 2.66. The Labute approximate surface area is 132 Å². The highest BCUT2D eigenvalue weighted by molar-refractivity contribution is 5.83. The van der Waals surface area contributed by atoms with Gasteiger partial charge in [0.15, 0.2) is 0 Å². The number of aromatic amines is 1. The Balaban J connectivity index is 1.61. The van der Waals surface area contributed by atoms with E-state index in [9.17, 15) is 4.79 Å². The first kappa shape index (κ1) is 13.5. The summed E-state index contributed by atoms with van der Waals surface area (Å²) >= 11 is 0. The Kier molecular flexibility index (Phi) is 3.27. The third-order valence-electron chi connectivity index (χ3n) is 3.76. The predicted molar refractivity (Wildman–Crippen MR) is 90.6 cm³/mol. The molecule has 0 aliphatic carbocycles. The summed E-state index contributed by atoms with van der Waals surface area (Å²) in [7, 11) is 0. The highest BCUT2D eigenvalue weighted by atomic mass is 16.5. The lowest BCUT2D eigenvalue weighted by atomic mass is 10.1. The minimum atomic E-state index is -0.146. The van der Waals surface area contributed by atoms with Crippen LogP contribution >= 0.6 is 0 Å². The number of benzene rings is 3. The van der Waals surface area contributed by atoms with Gasteiger partial charge in [0.2, 0.25) is 0 Å². The van der Waals surface area contributed by atoms with Crippen molar-refractivity contribution in [3.05, 3.63) is 82.9 Å². The third-order valence-corrected chi connectivity index (χ3v) is 3.76. The van der Waals surface area contributed by atoms with Gasteiger partial charge >= 0.3 is 0 Å². The summed E-state index contributed by atoms with van der Waals surface area (Å²) in [5.41, 5.74) is 0.529. The lowest BCUT2D eigenvalue weighted by Gasteiger charge is -2.07. The maximum atomic E-state index is 12.0. The molecule has 0 bridgehead atoms. The van der Waals surface area contributed by atoms with Gasteiger partial charge in [-0.15, -0.1) is 0 Å². The van der Waals surface area contributed by atoms with Gasteiger partial charge in [0, 0.05) is 0 Å². The van der Waals surface area contributed by atoms with E-state index in [0.717, 1.165) is 16.5 Å². The molecule has 0 aliphatic rings. The molecule has 4 nitrogen and oxygen atoms in total. The van der Waals surface area contributed by atoms with Gasteiger partial charge in [0.05, 0.1) is 10.9 Å². The van der Waals surface area contributed by atoms with Gasteiger partial charge < -0.3 is 9.72 Å². The van der Waals surface area contributed by atoms with Crippen molar-refractivity contribution >= 4 is 21.7 Å². The van der Waals surface area contributed by atoms with E-state index in [-0.39, 0.29) is 12.2 Å². The molecule has 1 N–H and O–H groups in total. The highest BCUT2D eigenvalue weighted by Crippen LogP contribution is 2.21. The predicted octanol–water partition coefficient (Wildman–Crippen LogP) is 3.66. The topological polar surface area (TPSA) is 55.0 Å². The molecule has 3 aromatic carbocycles. The van der Waals surface area contributed by atoms with Crippen molar-refractivity contribution in [2.24, 2.45) is 0 Å². The number of ether oxygens (including phenoxy) is 1. The highest BCUT2D eigenvalue weighted by Gasteiger charge is 2.04. The fourth-order valence-corrected chi connectivity index (χ4v) is 2.61. The van der Waals surface area contributed by atoms with Crippen molar-refractivity contribution in [1.82, 2.24) is 9.97 Å². The second-order valence-corrected chi connectivity index (χ2v) is 5.33. The molecular formula is C19H14N2O2. The molecule has 0 aliphatic heterocycles. The quantitative estimate of drug-likeness (QED) is 0.628. The van der Waals surface area contributed by atoms with Crippen LogP contribution in [-0.2, 0) is 6.61 Å². The monoisotopic (exact) mass is 302 g/mol. The van der Waals surface area contributed by atoms with E-state index >= 15 is 0 Å². The number of para-hydroxylation sites is 1. The summed E-state index contributed by atoms with van der Waals surface area (Å²) in [4.78, 5) is 19.2. The minimum Gasteiger partial charge on any atom is -0.486 e. The zero-order valence-electron chi connectivity index (χ0n) is 12.3. The van der Waals surface area contributed by atoms with Gasteiger partial charge in [-0.25, -0.2) is 4.98 Å². The van der Waals surface area contributed by atoms with E-state index < -0.39 is 0 Å².